The van der Waals surface area contributed by atoms with Crippen molar-refractivity contribution in [2.45, 2.75) is 27.3 Å². The van der Waals surface area contributed by atoms with Gasteiger partial charge in [-0.1, -0.05) is 17.7 Å². The fourth-order valence-corrected chi connectivity index (χ4v) is 4.87. The molecule has 0 N–H and O–H groups in total. The zero-order valence-corrected chi connectivity index (χ0v) is 18.8. The van der Waals surface area contributed by atoms with E-state index in [2.05, 4.69) is 0 Å². The van der Waals surface area contributed by atoms with Gasteiger partial charge in [0.15, 0.2) is 0 Å². The van der Waals surface area contributed by atoms with Gasteiger partial charge >= 0.3 is 5.69 Å². The highest BCUT2D eigenvalue weighted by atomic mass is 35.5. The molecule has 4 rings (SSSR count). The van der Waals surface area contributed by atoms with E-state index in [1.165, 1.54) is 28.0 Å². The van der Waals surface area contributed by atoms with Crippen LogP contribution < -0.4 is 16.0 Å². The molecular weight excluding hydrogens is 439 g/mol. The van der Waals surface area contributed by atoms with Crippen molar-refractivity contribution in [3.05, 3.63) is 90.1 Å². The molecule has 5 nitrogen and oxygen atoms in total. The molecule has 0 amide bonds. The van der Waals surface area contributed by atoms with E-state index >= 15 is 0 Å². The molecule has 0 bridgehead atoms. The van der Waals surface area contributed by atoms with Crippen molar-refractivity contribution < 1.29 is 9.13 Å². The molecule has 0 aliphatic carbocycles. The molecule has 0 aliphatic rings. The Hall–Kier alpha value is -2.90. The summed E-state index contributed by atoms with van der Waals surface area (Å²) >= 11 is 7.61. The Kier molecular flexibility index (Phi) is 5.73. The number of halogens is 2. The summed E-state index contributed by atoms with van der Waals surface area (Å²) < 4.78 is 21.6. The highest BCUT2D eigenvalue weighted by Crippen LogP contribution is 2.28. The third kappa shape index (κ3) is 3.79. The molecule has 2 aromatic carbocycles. The molecule has 0 aliphatic heterocycles. The van der Waals surface area contributed by atoms with Crippen LogP contribution in [0.3, 0.4) is 0 Å². The van der Waals surface area contributed by atoms with Crippen molar-refractivity contribution in [2.75, 3.05) is 6.61 Å². The van der Waals surface area contributed by atoms with E-state index in [1.54, 1.807) is 30.3 Å². The molecule has 8 heteroatoms. The van der Waals surface area contributed by atoms with Gasteiger partial charge in [0.05, 0.1) is 24.2 Å². The van der Waals surface area contributed by atoms with Crippen molar-refractivity contribution in [1.29, 1.82) is 0 Å². The van der Waals surface area contributed by atoms with E-state index in [4.69, 9.17) is 16.3 Å². The average molecular weight is 459 g/mol. The molecule has 0 saturated heterocycles. The first-order valence-corrected chi connectivity index (χ1v) is 10.9. The first-order chi connectivity index (χ1) is 14.8. The lowest BCUT2D eigenvalue weighted by molar-refractivity contribution is 0.340. The molecule has 2 aromatic heterocycles. The number of hydrogen-bond donors (Lipinski definition) is 0. The zero-order chi connectivity index (χ0) is 22.3. The summed E-state index contributed by atoms with van der Waals surface area (Å²) in [5.74, 6) is 0.203. The maximum absolute atomic E-state index is 13.5. The number of hydrogen-bond acceptors (Lipinski definition) is 4. The van der Waals surface area contributed by atoms with Gasteiger partial charge in [-0.25, -0.2) is 13.8 Å². The maximum atomic E-state index is 13.5. The highest BCUT2D eigenvalue weighted by Gasteiger charge is 2.20. The smallest absolute Gasteiger partial charge is 0.337 e. The minimum atomic E-state index is -0.483. The largest absolute Gasteiger partial charge is 0.494 e. The van der Waals surface area contributed by atoms with Crippen LogP contribution in [0.4, 0.5) is 4.39 Å². The predicted molar refractivity (Wildman–Crippen MR) is 123 cm³/mol. The fourth-order valence-electron chi connectivity index (χ4n) is 3.50. The second-order valence-corrected chi connectivity index (χ2v) is 8.75. The van der Waals surface area contributed by atoms with E-state index in [0.717, 1.165) is 15.0 Å². The maximum Gasteiger partial charge on any atom is 0.337 e. The fraction of sp³-hybridized carbons (Fsp3) is 0.217. The van der Waals surface area contributed by atoms with Crippen molar-refractivity contribution in [1.82, 2.24) is 9.13 Å². The van der Waals surface area contributed by atoms with Gasteiger partial charge < -0.3 is 4.74 Å². The zero-order valence-electron chi connectivity index (χ0n) is 17.2. The number of thiophene rings is 1. The van der Waals surface area contributed by atoms with Crippen LogP contribution in [0.1, 0.15) is 22.9 Å². The summed E-state index contributed by atoms with van der Waals surface area (Å²) in [6, 6.07) is 10.9. The van der Waals surface area contributed by atoms with Crippen LogP contribution in [0, 0.1) is 19.7 Å². The van der Waals surface area contributed by atoms with Crippen LogP contribution in [-0.2, 0) is 6.54 Å². The lowest BCUT2D eigenvalue weighted by atomic mass is 10.2. The van der Waals surface area contributed by atoms with E-state index in [9.17, 15) is 14.0 Å². The van der Waals surface area contributed by atoms with E-state index in [0.29, 0.717) is 33.8 Å². The summed E-state index contributed by atoms with van der Waals surface area (Å²) in [5, 5.41) is 0.720. The van der Waals surface area contributed by atoms with Crippen LogP contribution in [-0.4, -0.2) is 15.7 Å². The number of nitrogens with zero attached hydrogens (tertiary/aromatic N) is 2. The Morgan fingerprint density at radius 1 is 1.10 bits per heavy atom. The molecule has 0 fully saturated rings. The Morgan fingerprint density at radius 3 is 2.45 bits per heavy atom. The molecular formula is C23H20ClFN2O3S. The van der Waals surface area contributed by atoms with Gasteiger partial charge in [-0.3, -0.25) is 9.36 Å². The number of aryl methyl sites for hydroxylation is 2. The van der Waals surface area contributed by atoms with E-state index in [-0.39, 0.29) is 17.1 Å². The van der Waals surface area contributed by atoms with Crippen LogP contribution in [0.25, 0.3) is 15.9 Å². The monoisotopic (exact) mass is 458 g/mol. The SMILES string of the molecule is CCOc1ccc(-n2c(=O)c3c(C)c(C)sc3n(Cc3ccc(F)cc3Cl)c2=O)cc1. The molecule has 0 saturated carbocycles. The number of fused-ring (bicyclic) bond motifs is 1. The van der Waals surface area contributed by atoms with Crippen LogP contribution in [0.15, 0.2) is 52.1 Å². The van der Waals surface area contributed by atoms with Crippen LogP contribution >= 0.6 is 22.9 Å². The van der Waals surface area contributed by atoms with Gasteiger partial charge in [-0.2, -0.15) is 0 Å². The van der Waals surface area contributed by atoms with Crippen molar-refractivity contribution in [3.8, 4) is 11.4 Å². The molecule has 31 heavy (non-hydrogen) atoms. The predicted octanol–water partition coefficient (Wildman–Crippen LogP) is 5.07. The van der Waals surface area contributed by atoms with Gasteiger partial charge in [0, 0.05) is 9.90 Å². The van der Waals surface area contributed by atoms with Crippen molar-refractivity contribution in [3.63, 3.8) is 0 Å². The lowest BCUT2D eigenvalue weighted by Gasteiger charge is -2.14. The van der Waals surface area contributed by atoms with Crippen LogP contribution in [0.2, 0.25) is 5.02 Å². The molecule has 2 heterocycles. The van der Waals surface area contributed by atoms with Gasteiger partial charge in [-0.05, 0) is 68.3 Å². The summed E-state index contributed by atoms with van der Waals surface area (Å²) in [7, 11) is 0. The highest BCUT2D eigenvalue weighted by molar-refractivity contribution is 7.18. The summed E-state index contributed by atoms with van der Waals surface area (Å²) in [6.45, 7) is 6.31. The number of aromatic nitrogens is 2. The quantitative estimate of drug-likeness (QED) is 0.419. The van der Waals surface area contributed by atoms with Crippen molar-refractivity contribution in [2.24, 2.45) is 0 Å². The summed E-state index contributed by atoms with van der Waals surface area (Å²) in [5.41, 5.74) is 1.02. The Morgan fingerprint density at radius 2 is 1.81 bits per heavy atom. The van der Waals surface area contributed by atoms with Gasteiger partial charge in [0.1, 0.15) is 16.4 Å². The second kappa shape index (κ2) is 8.32. The lowest BCUT2D eigenvalue weighted by Crippen LogP contribution is -2.39. The van der Waals surface area contributed by atoms with Gasteiger partial charge in [-0.15, -0.1) is 11.3 Å². The Bertz CT molecular complexity index is 1400. The molecule has 0 atom stereocenters. The molecule has 0 radical (unpaired) electrons. The van der Waals surface area contributed by atoms with E-state index in [1.807, 2.05) is 20.8 Å². The standard InChI is InChI=1S/C23H20ClFN2O3S/c1-4-30-18-9-7-17(8-10-18)27-21(28)20-13(2)14(3)31-22(20)26(23(27)29)12-15-5-6-16(25)11-19(15)24/h5-11H,4,12H2,1-3H3. The third-order valence-electron chi connectivity index (χ3n) is 5.20. The Labute approximate surface area is 186 Å². The van der Waals surface area contributed by atoms with E-state index < -0.39 is 11.5 Å². The minimum absolute atomic E-state index is 0.116. The van der Waals surface area contributed by atoms with Gasteiger partial charge in [0.2, 0.25) is 0 Å². The molecule has 160 valence electrons. The third-order valence-corrected chi connectivity index (χ3v) is 6.78. The Balaban J connectivity index is 1.98. The topological polar surface area (TPSA) is 53.2 Å². The number of benzene rings is 2. The number of ether oxygens (including phenoxy) is 1. The summed E-state index contributed by atoms with van der Waals surface area (Å²) in [6.07, 6.45) is 0. The van der Waals surface area contributed by atoms with Gasteiger partial charge in [0.25, 0.3) is 5.56 Å². The second-order valence-electron chi connectivity index (χ2n) is 7.14. The van der Waals surface area contributed by atoms with Crippen LogP contribution in [0.5, 0.6) is 5.75 Å². The molecule has 0 spiro atoms. The normalized spacial score (nSPS) is 11.3. The minimum Gasteiger partial charge on any atom is -0.494 e. The first-order valence-electron chi connectivity index (χ1n) is 9.74. The molecule has 0 unspecified atom stereocenters. The van der Waals surface area contributed by atoms with Crippen molar-refractivity contribution >= 4 is 33.2 Å². The molecule has 4 aromatic rings. The first kappa shape index (κ1) is 21.3. The summed E-state index contributed by atoms with van der Waals surface area (Å²) in [4.78, 5) is 28.4. The number of rotatable bonds is 5. The average Bonchev–Trinajstić information content (AvgIpc) is 3.03.